The van der Waals surface area contributed by atoms with Gasteiger partial charge in [-0.25, -0.2) is 0 Å². The minimum atomic E-state index is -1.41. The number of benzene rings is 2. The maximum absolute atomic E-state index is 14.2. The molecule has 0 bridgehead atoms. The molecule has 1 N–H and O–H groups in total. The van der Waals surface area contributed by atoms with Gasteiger partial charge in [0.25, 0.3) is 5.91 Å². The molecule has 0 saturated carbocycles. The van der Waals surface area contributed by atoms with Gasteiger partial charge in [-0.2, -0.15) is 11.8 Å². The highest BCUT2D eigenvalue weighted by Gasteiger charge is 2.71. The van der Waals surface area contributed by atoms with Crippen molar-refractivity contribution in [1.29, 1.82) is 0 Å². The van der Waals surface area contributed by atoms with Crippen LogP contribution in [0, 0.1) is 11.8 Å². The number of anilines is 1. The third-order valence-corrected chi connectivity index (χ3v) is 8.01. The Morgan fingerprint density at radius 2 is 1.75 bits per heavy atom. The zero-order chi connectivity index (χ0) is 25.4. The van der Waals surface area contributed by atoms with Gasteiger partial charge in [0.15, 0.2) is 0 Å². The second-order valence-electron chi connectivity index (χ2n) is 9.31. The summed E-state index contributed by atoms with van der Waals surface area (Å²) in [5.74, 6) is -2.28. The molecule has 3 aliphatic heterocycles. The molecule has 4 atom stereocenters. The number of rotatable bonds is 8. The number of nitrogens with one attached hydrogen (secondary N) is 1. The van der Waals surface area contributed by atoms with Gasteiger partial charge < -0.3 is 4.74 Å². The van der Waals surface area contributed by atoms with Crippen LogP contribution in [0.5, 0.6) is 0 Å². The van der Waals surface area contributed by atoms with E-state index >= 15 is 0 Å². The van der Waals surface area contributed by atoms with Gasteiger partial charge >= 0.3 is 5.97 Å². The molecular weight excluding hydrogens is 478 g/mol. The van der Waals surface area contributed by atoms with Crippen molar-refractivity contribution >= 4 is 41.1 Å². The summed E-state index contributed by atoms with van der Waals surface area (Å²) in [4.78, 5) is 57.0. The maximum Gasteiger partial charge on any atom is 0.326 e. The maximum atomic E-state index is 14.2. The number of thioether (sulfide) groups is 1. The highest BCUT2D eigenvalue weighted by atomic mass is 32.2. The molecule has 4 unspecified atom stereocenters. The summed E-state index contributed by atoms with van der Waals surface area (Å²) >= 11 is 1.65. The van der Waals surface area contributed by atoms with Crippen LogP contribution in [0.25, 0.3) is 0 Å². The van der Waals surface area contributed by atoms with Gasteiger partial charge in [-0.3, -0.25) is 34.3 Å². The molecule has 0 aliphatic carbocycles. The number of carbonyl (C=O) groups excluding carboxylic acids is 4. The Kier molecular flexibility index (Phi) is 6.61. The quantitative estimate of drug-likeness (QED) is 0.433. The van der Waals surface area contributed by atoms with E-state index in [1.165, 1.54) is 9.80 Å². The first kappa shape index (κ1) is 24.5. The van der Waals surface area contributed by atoms with Gasteiger partial charge in [0.05, 0.1) is 25.0 Å². The van der Waals surface area contributed by atoms with Crippen molar-refractivity contribution < 1.29 is 23.9 Å². The summed E-state index contributed by atoms with van der Waals surface area (Å²) in [5, 5.41) is 3.46. The first-order valence-corrected chi connectivity index (χ1v) is 13.6. The largest absolute Gasteiger partial charge is 0.465 e. The van der Waals surface area contributed by atoms with Gasteiger partial charge in [0.2, 0.25) is 11.8 Å². The molecule has 188 valence electrons. The molecule has 3 heterocycles. The normalized spacial score (nSPS) is 26.6. The number of hydrogen-bond acceptors (Lipinski definition) is 7. The highest BCUT2D eigenvalue weighted by molar-refractivity contribution is 7.98. The fourth-order valence-corrected chi connectivity index (χ4v) is 6.40. The zero-order valence-corrected chi connectivity index (χ0v) is 21.1. The zero-order valence-electron chi connectivity index (χ0n) is 20.3. The molecule has 3 aliphatic rings. The fraction of sp³-hybridized carbons (Fsp3) is 0.407. The van der Waals surface area contributed by atoms with E-state index in [1.54, 1.807) is 30.8 Å². The molecule has 0 radical (unpaired) electrons. The average Bonchev–Trinajstić information content (AvgIpc) is 3.44. The lowest BCUT2D eigenvalue weighted by Crippen LogP contribution is -2.55. The minimum Gasteiger partial charge on any atom is -0.465 e. The number of likely N-dealkylation sites (tertiary alicyclic amines) is 1. The summed E-state index contributed by atoms with van der Waals surface area (Å²) < 4.78 is 5.12. The van der Waals surface area contributed by atoms with Crippen molar-refractivity contribution in [3.8, 4) is 0 Å². The van der Waals surface area contributed by atoms with E-state index in [0.717, 1.165) is 11.3 Å². The van der Waals surface area contributed by atoms with E-state index in [4.69, 9.17) is 4.74 Å². The smallest absolute Gasteiger partial charge is 0.326 e. The van der Waals surface area contributed by atoms with Crippen LogP contribution in [0.2, 0.25) is 0 Å². The Bertz CT molecular complexity index is 1200. The van der Waals surface area contributed by atoms with Crippen molar-refractivity contribution in [3.63, 3.8) is 0 Å². The fourth-order valence-electron chi connectivity index (χ4n) is 5.91. The Hall–Kier alpha value is -3.17. The standard InChI is InChI=1S/C27H29N3O5S/c1-3-35-21(31)16-29-20-12-8-7-11-18(20)27(26(29)34)23-22(19(28-27)13-14-36-2)24(32)30(25(23)33)15-17-9-5-4-6-10-17/h4-12,19,22-23,28H,3,13-16H2,1-2H3. The first-order chi connectivity index (χ1) is 17.4. The predicted octanol–water partition coefficient (Wildman–Crippen LogP) is 2.32. The first-order valence-electron chi connectivity index (χ1n) is 12.2. The van der Waals surface area contributed by atoms with Crippen LogP contribution in [-0.2, 0) is 36.0 Å². The molecule has 9 heteroatoms. The Balaban J connectivity index is 1.58. The van der Waals surface area contributed by atoms with E-state index in [1.807, 2.05) is 48.7 Å². The number of imide groups is 1. The Morgan fingerprint density at radius 3 is 2.47 bits per heavy atom. The van der Waals surface area contributed by atoms with Crippen LogP contribution in [0.15, 0.2) is 54.6 Å². The number of ether oxygens (including phenoxy) is 1. The van der Waals surface area contributed by atoms with Gasteiger partial charge in [-0.1, -0.05) is 48.5 Å². The summed E-state index contributed by atoms with van der Waals surface area (Å²) in [7, 11) is 0. The number of nitrogens with zero attached hydrogens (tertiary/aromatic N) is 2. The van der Waals surface area contributed by atoms with E-state index in [9.17, 15) is 19.2 Å². The lowest BCUT2D eigenvalue weighted by Gasteiger charge is -2.30. The third kappa shape index (κ3) is 3.72. The molecule has 5 rings (SSSR count). The summed E-state index contributed by atoms with van der Waals surface area (Å²) in [6, 6.07) is 16.2. The van der Waals surface area contributed by atoms with Crippen LogP contribution >= 0.6 is 11.8 Å². The molecule has 36 heavy (non-hydrogen) atoms. The Labute approximate surface area is 214 Å². The molecule has 0 aromatic heterocycles. The van der Waals surface area contributed by atoms with Gasteiger partial charge in [0, 0.05) is 17.3 Å². The topological polar surface area (TPSA) is 96.0 Å². The molecule has 2 fully saturated rings. The van der Waals surface area contributed by atoms with Crippen LogP contribution < -0.4 is 10.2 Å². The SMILES string of the molecule is CCOC(=O)CN1C(=O)C2(NC(CCSC)C3C(=O)N(Cc4ccccc4)C(=O)C32)c2ccccc21. The van der Waals surface area contributed by atoms with E-state index < -0.39 is 23.3 Å². The average molecular weight is 508 g/mol. The van der Waals surface area contributed by atoms with Crippen LogP contribution in [0.3, 0.4) is 0 Å². The van der Waals surface area contributed by atoms with Gasteiger partial charge in [-0.15, -0.1) is 0 Å². The summed E-state index contributed by atoms with van der Waals surface area (Å²) in [6.07, 6.45) is 2.62. The number of carbonyl (C=O) groups is 4. The second kappa shape index (κ2) is 9.71. The molecular formula is C27H29N3O5S. The summed E-state index contributed by atoms with van der Waals surface area (Å²) in [6.45, 7) is 1.83. The lowest BCUT2D eigenvalue weighted by atomic mass is 9.76. The molecule has 8 nitrogen and oxygen atoms in total. The number of hydrogen-bond donors (Lipinski definition) is 1. The molecule has 2 saturated heterocycles. The van der Waals surface area contributed by atoms with E-state index in [2.05, 4.69) is 5.32 Å². The number of para-hydroxylation sites is 1. The minimum absolute atomic E-state index is 0.166. The monoisotopic (exact) mass is 507 g/mol. The van der Waals surface area contributed by atoms with Crippen LogP contribution in [0.1, 0.15) is 24.5 Å². The van der Waals surface area contributed by atoms with Gasteiger partial charge in [-0.05, 0) is 37.0 Å². The van der Waals surface area contributed by atoms with Crippen molar-refractivity contribution in [3.05, 3.63) is 65.7 Å². The number of amides is 3. The molecule has 3 amide bonds. The predicted molar refractivity (Wildman–Crippen MR) is 136 cm³/mol. The molecule has 2 aromatic rings. The van der Waals surface area contributed by atoms with E-state index in [-0.39, 0.29) is 43.5 Å². The lowest BCUT2D eigenvalue weighted by molar-refractivity contribution is -0.144. The highest BCUT2D eigenvalue weighted by Crippen LogP contribution is 2.55. The van der Waals surface area contributed by atoms with Crippen molar-refractivity contribution in [2.45, 2.75) is 31.5 Å². The third-order valence-electron chi connectivity index (χ3n) is 7.37. The van der Waals surface area contributed by atoms with Gasteiger partial charge in [0.1, 0.15) is 12.1 Å². The number of fused-ring (bicyclic) bond motifs is 4. The van der Waals surface area contributed by atoms with Crippen LogP contribution in [-0.4, -0.2) is 59.8 Å². The van der Waals surface area contributed by atoms with Crippen LogP contribution in [0.4, 0.5) is 5.69 Å². The Morgan fingerprint density at radius 1 is 1.03 bits per heavy atom. The van der Waals surface area contributed by atoms with Crippen molar-refractivity contribution in [2.24, 2.45) is 11.8 Å². The summed E-state index contributed by atoms with van der Waals surface area (Å²) in [5.41, 5.74) is 0.635. The molecule has 2 aromatic carbocycles. The van der Waals surface area contributed by atoms with Crippen molar-refractivity contribution in [2.75, 3.05) is 30.1 Å². The molecule has 1 spiro atoms. The second-order valence-corrected chi connectivity index (χ2v) is 10.3. The van der Waals surface area contributed by atoms with Crippen molar-refractivity contribution in [1.82, 2.24) is 10.2 Å². The number of esters is 1. The van der Waals surface area contributed by atoms with E-state index in [0.29, 0.717) is 17.7 Å².